The molecule has 0 heterocycles. The molecule has 0 bridgehead atoms. The number of methoxy groups -OCH3 is 1. The van der Waals surface area contributed by atoms with E-state index < -0.39 is 28.6 Å². The maximum Gasteiger partial charge on any atom is 0.324 e. The Balaban J connectivity index is 3.02. The maximum atomic E-state index is 11.8. The summed E-state index contributed by atoms with van der Waals surface area (Å²) in [6, 6.07) is 3.97. The molecule has 0 aliphatic rings. The van der Waals surface area contributed by atoms with Crippen molar-refractivity contribution >= 4 is 16.0 Å². The SMILES string of the molecule is COc1cccc(S(=O)(=O)N[C@@H](CO)C(=O)O)c1. The van der Waals surface area contributed by atoms with E-state index >= 15 is 0 Å². The molecule has 7 nitrogen and oxygen atoms in total. The second-order valence-corrected chi connectivity index (χ2v) is 5.09. The van der Waals surface area contributed by atoms with E-state index in [1.807, 2.05) is 4.72 Å². The Hall–Kier alpha value is -1.64. The summed E-state index contributed by atoms with van der Waals surface area (Å²) in [6.45, 7) is -0.835. The Morgan fingerprint density at radius 1 is 1.50 bits per heavy atom. The first-order valence-electron chi connectivity index (χ1n) is 4.90. The molecule has 0 amide bonds. The number of carboxylic acids is 1. The van der Waals surface area contributed by atoms with Gasteiger partial charge in [-0.15, -0.1) is 0 Å². The number of hydrogen-bond acceptors (Lipinski definition) is 5. The van der Waals surface area contributed by atoms with Gasteiger partial charge in [0.05, 0.1) is 18.6 Å². The molecule has 3 N–H and O–H groups in total. The Kier molecular flexibility index (Phi) is 4.65. The van der Waals surface area contributed by atoms with Crippen LogP contribution in [0.1, 0.15) is 0 Å². The van der Waals surface area contributed by atoms with Crippen LogP contribution in [-0.2, 0) is 14.8 Å². The first-order chi connectivity index (χ1) is 8.40. The number of aliphatic hydroxyl groups excluding tert-OH is 1. The molecule has 0 aliphatic carbocycles. The van der Waals surface area contributed by atoms with Gasteiger partial charge in [-0.25, -0.2) is 8.42 Å². The molecule has 1 rings (SSSR count). The van der Waals surface area contributed by atoms with E-state index in [4.69, 9.17) is 14.9 Å². The number of nitrogens with one attached hydrogen (secondary N) is 1. The predicted molar refractivity (Wildman–Crippen MR) is 61.8 cm³/mol. The highest BCUT2D eigenvalue weighted by atomic mass is 32.2. The standard InChI is InChI=1S/C10H13NO6S/c1-17-7-3-2-4-8(5-7)18(15,16)11-9(6-12)10(13)14/h2-5,9,11-12H,6H2,1H3,(H,13,14)/t9-/m0/s1. The Morgan fingerprint density at radius 2 is 2.17 bits per heavy atom. The summed E-state index contributed by atoms with van der Waals surface area (Å²) < 4.78 is 30.4. The first-order valence-corrected chi connectivity index (χ1v) is 6.39. The molecule has 18 heavy (non-hydrogen) atoms. The molecule has 1 aromatic rings. The average molecular weight is 275 g/mol. The molecule has 8 heteroatoms. The summed E-state index contributed by atoms with van der Waals surface area (Å²) in [5, 5.41) is 17.4. The summed E-state index contributed by atoms with van der Waals surface area (Å²) >= 11 is 0. The fraction of sp³-hybridized carbons (Fsp3) is 0.300. The van der Waals surface area contributed by atoms with Crippen LogP contribution in [0, 0.1) is 0 Å². The van der Waals surface area contributed by atoms with Gasteiger partial charge in [-0.2, -0.15) is 4.72 Å². The van der Waals surface area contributed by atoms with Crippen LogP contribution in [0.5, 0.6) is 5.75 Å². The van der Waals surface area contributed by atoms with E-state index in [-0.39, 0.29) is 4.90 Å². The van der Waals surface area contributed by atoms with E-state index in [1.165, 1.54) is 25.3 Å². The van der Waals surface area contributed by atoms with Crippen molar-refractivity contribution in [2.75, 3.05) is 13.7 Å². The normalized spacial score (nSPS) is 13.0. The number of aliphatic carboxylic acids is 1. The lowest BCUT2D eigenvalue weighted by Crippen LogP contribution is -2.43. The molecular formula is C10H13NO6S. The van der Waals surface area contributed by atoms with Crippen LogP contribution < -0.4 is 9.46 Å². The van der Waals surface area contributed by atoms with Gasteiger partial charge in [0.15, 0.2) is 0 Å². The van der Waals surface area contributed by atoms with E-state index in [0.717, 1.165) is 0 Å². The molecule has 0 aromatic heterocycles. The van der Waals surface area contributed by atoms with Crippen LogP contribution in [-0.4, -0.2) is 44.4 Å². The zero-order valence-corrected chi connectivity index (χ0v) is 10.3. The van der Waals surface area contributed by atoms with Crippen molar-refractivity contribution in [2.24, 2.45) is 0 Å². The van der Waals surface area contributed by atoms with Crippen molar-refractivity contribution in [3.63, 3.8) is 0 Å². The quantitative estimate of drug-likeness (QED) is 0.640. The van der Waals surface area contributed by atoms with Crippen molar-refractivity contribution in [3.8, 4) is 5.75 Å². The lowest BCUT2D eigenvalue weighted by molar-refractivity contribution is -0.139. The number of hydrogen-bond donors (Lipinski definition) is 3. The summed E-state index contributed by atoms with van der Waals surface area (Å²) in [4.78, 5) is 10.5. The molecule has 0 fully saturated rings. The van der Waals surface area contributed by atoms with Crippen molar-refractivity contribution in [1.82, 2.24) is 4.72 Å². The number of rotatable bonds is 6. The number of sulfonamides is 1. The van der Waals surface area contributed by atoms with Crippen LogP contribution >= 0.6 is 0 Å². The van der Waals surface area contributed by atoms with Crippen molar-refractivity contribution < 1.29 is 28.2 Å². The van der Waals surface area contributed by atoms with E-state index in [2.05, 4.69) is 0 Å². The van der Waals surface area contributed by atoms with Crippen LogP contribution in [0.15, 0.2) is 29.2 Å². The summed E-state index contributed by atoms with van der Waals surface area (Å²) in [5.74, 6) is -1.13. The second-order valence-electron chi connectivity index (χ2n) is 3.37. The van der Waals surface area contributed by atoms with Crippen LogP contribution in [0.4, 0.5) is 0 Å². The third kappa shape index (κ3) is 3.42. The number of ether oxygens (including phenoxy) is 1. The van der Waals surface area contributed by atoms with Gasteiger partial charge in [0, 0.05) is 6.07 Å². The van der Waals surface area contributed by atoms with Crippen molar-refractivity contribution in [3.05, 3.63) is 24.3 Å². The first kappa shape index (κ1) is 14.4. The largest absolute Gasteiger partial charge is 0.497 e. The van der Waals surface area contributed by atoms with E-state index in [1.54, 1.807) is 6.07 Å². The fourth-order valence-electron chi connectivity index (χ4n) is 1.19. The predicted octanol–water partition coefficient (Wildman–Crippen LogP) is -0.581. The van der Waals surface area contributed by atoms with Crippen molar-refractivity contribution in [1.29, 1.82) is 0 Å². The maximum absolute atomic E-state index is 11.8. The lowest BCUT2D eigenvalue weighted by Gasteiger charge is -2.12. The lowest BCUT2D eigenvalue weighted by atomic mass is 10.3. The summed E-state index contributed by atoms with van der Waals surface area (Å²) in [6.07, 6.45) is 0. The van der Waals surface area contributed by atoms with Crippen LogP contribution in [0.2, 0.25) is 0 Å². The van der Waals surface area contributed by atoms with E-state index in [9.17, 15) is 13.2 Å². The van der Waals surface area contributed by atoms with Gasteiger partial charge in [0.1, 0.15) is 11.8 Å². The molecule has 0 radical (unpaired) electrons. The highest BCUT2D eigenvalue weighted by Crippen LogP contribution is 2.17. The number of benzene rings is 1. The third-order valence-corrected chi connectivity index (χ3v) is 3.60. The fourth-order valence-corrected chi connectivity index (χ4v) is 2.40. The average Bonchev–Trinajstić information content (AvgIpc) is 2.35. The number of aliphatic hydroxyl groups is 1. The molecule has 100 valence electrons. The molecule has 0 spiro atoms. The minimum absolute atomic E-state index is 0.137. The molecular weight excluding hydrogens is 262 g/mol. The molecule has 0 unspecified atom stereocenters. The minimum Gasteiger partial charge on any atom is -0.497 e. The topological polar surface area (TPSA) is 113 Å². The van der Waals surface area contributed by atoms with Crippen LogP contribution in [0.25, 0.3) is 0 Å². The number of carboxylic acid groups (broad SMARTS) is 1. The van der Waals surface area contributed by atoms with Gasteiger partial charge in [-0.3, -0.25) is 4.79 Å². The molecule has 1 atom stereocenters. The Bertz CT molecular complexity index is 527. The molecule has 0 saturated heterocycles. The second kappa shape index (κ2) is 5.80. The van der Waals surface area contributed by atoms with Gasteiger partial charge in [0.2, 0.25) is 10.0 Å². The van der Waals surface area contributed by atoms with Gasteiger partial charge >= 0.3 is 5.97 Å². The van der Waals surface area contributed by atoms with Gasteiger partial charge in [0.25, 0.3) is 0 Å². The highest BCUT2D eigenvalue weighted by molar-refractivity contribution is 7.89. The minimum atomic E-state index is -4.02. The van der Waals surface area contributed by atoms with Crippen LogP contribution in [0.3, 0.4) is 0 Å². The summed E-state index contributed by atoms with van der Waals surface area (Å²) in [7, 11) is -2.64. The molecule has 0 aliphatic heterocycles. The molecule has 1 aromatic carbocycles. The third-order valence-electron chi connectivity index (χ3n) is 2.13. The van der Waals surface area contributed by atoms with E-state index in [0.29, 0.717) is 5.75 Å². The zero-order valence-electron chi connectivity index (χ0n) is 9.53. The number of carbonyl (C=O) groups is 1. The Morgan fingerprint density at radius 3 is 2.67 bits per heavy atom. The van der Waals surface area contributed by atoms with Gasteiger partial charge in [-0.05, 0) is 12.1 Å². The van der Waals surface area contributed by atoms with Gasteiger partial charge < -0.3 is 14.9 Å². The van der Waals surface area contributed by atoms with Crippen molar-refractivity contribution in [2.45, 2.75) is 10.9 Å². The van der Waals surface area contributed by atoms with Gasteiger partial charge in [-0.1, -0.05) is 6.07 Å². The highest BCUT2D eigenvalue weighted by Gasteiger charge is 2.24. The summed E-state index contributed by atoms with van der Waals surface area (Å²) in [5.41, 5.74) is 0. The Labute approximate surface area is 104 Å². The molecule has 0 saturated carbocycles. The monoisotopic (exact) mass is 275 g/mol. The smallest absolute Gasteiger partial charge is 0.324 e. The zero-order chi connectivity index (χ0) is 13.8.